The fraction of sp³-hybridized carbons (Fsp3) is 0.971. The standard InChI is InChI=1S/C11H21NO.4C6H14/c1-11(2,3)8-10(13)12-9-6-4-5-7-9;4*1-5-6(2,3)4/h9H,4-8H2,1-3H3,(H,12,13);4*5H2,1-4H3. The molecule has 0 spiro atoms. The molecule has 2 nitrogen and oxygen atoms in total. The first-order valence-electron chi connectivity index (χ1n) is 15.5. The van der Waals surface area contributed by atoms with Gasteiger partial charge in [0.15, 0.2) is 0 Å². The van der Waals surface area contributed by atoms with Crippen LogP contribution < -0.4 is 5.32 Å². The number of carbonyl (C=O) groups excluding carboxylic acids is 1. The molecule has 228 valence electrons. The lowest BCUT2D eigenvalue weighted by atomic mass is 9.92. The Hall–Kier alpha value is -0.530. The van der Waals surface area contributed by atoms with Crippen LogP contribution in [0.4, 0.5) is 0 Å². The van der Waals surface area contributed by atoms with E-state index in [1.165, 1.54) is 51.4 Å². The summed E-state index contributed by atoms with van der Waals surface area (Å²) in [7, 11) is 0. The summed E-state index contributed by atoms with van der Waals surface area (Å²) in [6.07, 6.45) is 10.6. The maximum atomic E-state index is 11.5. The Labute approximate surface area is 238 Å². The van der Waals surface area contributed by atoms with Crippen molar-refractivity contribution in [3.05, 3.63) is 0 Å². The lowest BCUT2D eigenvalue weighted by molar-refractivity contribution is -0.123. The summed E-state index contributed by atoms with van der Waals surface area (Å²) >= 11 is 0. The van der Waals surface area contributed by atoms with Crippen LogP contribution in [-0.2, 0) is 4.79 Å². The minimum atomic E-state index is 0.114. The lowest BCUT2D eigenvalue weighted by Crippen LogP contribution is -2.34. The third-order valence-electron chi connectivity index (χ3n) is 6.65. The largest absolute Gasteiger partial charge is 0.353 e. The fourth-order valence-electron chi connectivity index (χ4n) is 1.83. The van der Waals surface area contributed by atoms with Crippen molar-refractivity contribution in [2.24, 2.45) is 27.1 Å². The van der Waals surface area contributed by atoms with E-state index in [1.807, 2.05) is 0 Å². The Bertz CT molecular complexity index is 450. The van der Waals surface area contributed by atoms with Gasteiger partial charge in [-0.3, -0.25) is 4.79 Å². The Morgan fingerprint density at radius 1 is 0.514 bits per heavy atom. The summed E-state index contributed by atoms with van der Waals surface area (Å²) in [5.41, 5.74) is 2.28. The van der Waals surface area contributed by atoms with E-state index in [-0.39, 0.29) is 11.3 Å². The molecule has 1 N–H and O–H groups in total. The van der Waals surface area contributed by atoms with E-state index in [4.69, 9.17) is 0 Å². The SMILES string of the molecule is CC(C)(C)CC(=O)NC1CCCC1.CCC(C)(C)C.CCC(C)(C)C.CCC(C)(C)C.CCC(C)(C)C. The van der Waals surface area contributed by atoms with Crippen molar-refractivity contribution in [1.82, 2.24) is 5.32 Å². The Morgan fingerprint density at radius 3 is 0.892 bits per heavy atom. The van der Waals surface area contributed by atoms with E-state index in [2.05, 4.69) is 137 Å². The average Bonchev–Trinajstić information content (AvgIpc) is 3.19. The van der Waals surface area contributed by atoms with E-state index < -0.39 is 0 Å². The Morgan fingerprint density at radius 2 is 0.730 bits per heavy atom. The second-order valence-corrected chi connectivity index (χ2v) is 16.9. The van der Waals surface area contributed by atoms with Crippen molar-refractivity contribution in [3.8, 4) is 0 Å². The van der Waals surface area contributed by atoms with E-state index in [0.29, 0.717) is 34.1 Å². The molecule has 0 heterocycles. The monoisotopic (exact) mass is 528 g/mol. The molecule has 1 aliphatic carbocycles. The molecule has 0 aromatic carbocycles. The molecule has 2 heteroatoms. The zero-order chi connectivity index (χ0) is 30.7. The van der Waals surface area contributed by atoms with Crippen LogP contribution in [0.1, 0.15) is 189 Å². The van der Waals surface area contributed by atoms with Crippen LogP contribution in [0.3, 0.4) is 0 Å². The van der Waals surface area contributed by atoms with Crippen LogP contribution in [0.15, 0.2) is 0 Å². The Kier molecular flexibility index (Phi) is 24.0. The third kappa shape index (κ3) is 52.7. The van der Waals surface area contributed by atoms with Gasteiger partial charge in [-0.25, -0.2) is 0 Å². The predicted octanol–water partition coefficient (Wildman–Crippen LogP) is 12.3. The predicted molar refractivity (Wildman–Crippen MR) is 173 cm³/mol. The topological polar surface area (TPSA) is 29.1 Å². The Balaban J connectivity index is -0.000000196. The molecule has 0 bridgehead atoms. The zero-order valence-electron chi connectivity index (χ0n) is 29.8. The third-order valence-corrected chi connectivity index (χ3v) is 6.65. The smallest absolute Gasteiger partial charge is 0.220 e. The van der Waals surface area contributed by atoms with Gasteiger partial charge in [0.1, 0.15) is 0 Å². The summed E-state index contributed by atoms with van der Waals surface area (Å²) in [4.78, 5) is 11.5. The van der Waals surface area contributed by atoms with Crippen LogP contribution >= 0.6 is 0 Å². The van der Waals surface area contributed by atoms with Gasteiger partial charge in [-0.2, -0.15) is 0 Å². The minimum Gasteiger partial charge on any atom is -0.353 e. The van der Waals surface area contributed by atoms with Gasteiger partial charge >= 0.3 is 0 Å². The summed E-state index contributed by atoms with van der Waals surface area (Å²) in [6, 6.07) is 0.467. The van der Waals surface area contributed by atoms with Gasteiger partial charge in [0.25, 0.3) is 0 Å². The minimum absolute atomic E-state index is 0.114. The molecular formula is C35H77NO. The molecule has 1 aliphatic rings. The van der Waals surface area contributed by atoms with Gasteiger partial charge in [0, 0.05) is 12.5 Å². The van der Waals surface area contributed by atoms with E-state index >= 15 is 0 Å². The maximum Gasteiger partial charge on any atom is 0.220 e. The molecule has 0 aromatic heterocycles. The highest BCUT2D eigenvalue weighted by Gasteiger charge is 2.20. The molecule has 0 aliphatic heterocycles. The van der Waals surface area contributed by atoms with Crippen LogP contribution in [0.25, 0.3) is 0 Å². The molecule has 1 amide bonds. The van der Waals surface area contributed by atoms with Crippen LogP contribution in [-0.4, -0.2) is 11.9 Å². The molecular weight excluding hydrogens is 450 g/mol. The van der Waals surface area contributed by atoms with E-state index in [9.17, 15) is 4.79 Å². The van der Waals surface area contributed by atoms with Crippen molar-refractivity contribution in [2.75, 3.05) is 0 Å². The van der Waals surface area contributed by atoms with Gasteiger partial charge in [0.2, 0.25) is 5.91 Å². The zero-order valence-corrected chi connectivity index (χ0v) is 29.8. The molecule has 0 unspecified atom stereocenters. The van der Waals surface area contributed by atoms with Crippen molar-refractivity contribution >= 4 is 5.91 Å². The van der Waals surface area contributed by atoms with Crippen molar-refractivity contribution in [3.63, 3.8) is 0 Å². The van der Waals surface area contributed by atoms with Crippen LogP contribution in [0.2, 0.25) is 0 Å². The van der Waals surface area contributed by atoms with E-state index in [1.54, 1.807) is 0 Å². The first-order valence-corrected chi connectivity index (χ1v) is 15.5. The summed E-state index contributed by atoms with van der Waals surface area (Å²) < 4.78 is 0. The first kappa shape index (κ1) is 43.5. The van der Waals surface area contributed by atoms with Crippen molar-refractivity contribution < 1.29 is 4.79 Å². The molecule has 37 heavy (non-hydrogen) atoms. The van der Waals surface area contributed by atoms with Crippen molar-refractivity contribution in [1.29, 1.82) is 0 Å². The molecule has 1 rings (SSSR count). The quantitative estimate of drug-likeness (QED) is 0.380. The lowest BCUT2D eigenvalue weighted by Gasteiger charge is -2.19. The normalized spacial score (nSPS) is 14.5. The molecule has 1 fully saturated rings. The number of rotatable bonds is 2. The number of nitrogens with one attached hydrogen (secondary N) is 1. The van der Waals surface area contributed by atoms with Gasteiger partial charge in [-0.05, 0) is 39.9 Å². The first-order chi connectivity index (χ1) is 16.2. The van der Waals surface area contributed by atoms with Crippen LogP contribution in [0, 0.1) is 27.1 Å². The summed E-state index contributed by atoms with van der Waals surface area (Å²) in [5.74, 6) is 0.222. The van der Waals surface area contributed by atoms with Crippen LogP contribution in [0.5, 0.6) is 0 Å². The highest BCUT2D eigenvalue weighted by atomic mass is 16.1. The number of hydrogen-bond acceptors (Lipinski definition) is 1. The average molecular weight is 528 g/mol. The molecule has 1 saturated carbocycles. The molecule has 0 aromatic rings. The highest BCUT2D eigenvalue weighted by molar-refractivity contribution is 5.76. The highest BCUT2D eigenvalue weighted by Crippen LogP contribution is 2.21. The fourth-order valence-corrected chi connectivity index (χ4v) is 1.83. The number of hydrogen-bond donors (Lipinski definition) is 1. The molecule has 0 radical (unpaired) electrons. The van der Waals surface area contributed by atoms with E-state index in [0.717, 1.165) is 0 Å². The molecule has 0 saturated heterocycles. The maximum absolute atomic E-state index is 11.5. The number of carbonyl (C=O) groups is 1. The van der Waals surface area contributed by atoms with Crippen molar-refractivity contribution in [2.45, 2.75) is 195 Å². The summed E-state index contributed by atoms with van der Waals surface area (Å²) in [6.45, 7) is 42.0. The van der Waals surface area contributed by atoms with Gasteiger partial charge in [0.05, 0.1) is 0 Å². The van der Waals surface area contributed by atoms with Gasteiger partial charge < -0.3 is 5.32 Å². The second-order valence-electron chi connectivity index (χ2n) is 16.9. The second kappa shape index (κ2) is 20.4. The summed E-state index contributed by atoms with van der Waals surface area (Å²) in [5, 5.41) is 3.10. The van der Waals surface area contributed by atoms with Gasteiger partial charge in [-0.15, -0.1) is 0 Å². The molecule has 0 atom stereocenters. The van der Waals surface area contributed by atoms with Gasteiger partial charge in [-0.1, -0.05) is 170 Å². The number of amides is 1.